The molecule has 0 atom stereocenters. The lowest BCUT2D eigenvalue weighted by Crippen LogP contribution is -2.09. The minimum atomic E-state index is 0.539. The molecule has 4 heteroatoms. The summed E-state index contributed by atoms with van der Waals surface area (Å²) < 4.78 is 8.47. The summed E-state index contributed by atoms with van der Waals surface area (Å²) in [5.74, 6) is 0.827. The van der Waals surface area contributed by atoms with Gasteiger partial charge < -0.3 is 9.30 Å². The molecule has 0 spiro atoms. The molecule has 0 amide bonds. The molecular weight excluding hydrogens is 282 g/mol. The molecule has 88 valence electrons. The second-order valence-corrected chi connectivity index (χ2v) is 4.46. The third-order valence-electron chi connectivity index (χ3n) is 2.40. The van der Waals surface area contributed by atoms with Gasteiger partial charge in [-0.2, -0.15) is 0 Å². The summed E-state index contributed by atoms with van der Waals surface area (Å²) in [5, 5.41) is 0. The van der Waals surface area contributed by atoms with E-state index in [-0.39, 0.29) is 0 Å². The maximum Gasteiger partial charge on any atom is 0.166 e. The summed E-state index contributed by atoms with van der Waals surface area (Å²) in [5.41, 5.74) is 0.671. The summed E-state index contributed by atoms with van der Waals surface area (Å²) >= 11 is 3.37. The van der Waals surface area contributed by atoms with E-state index >= 15 is 0 Å². The number of ether oxygens (including phenoxy) is 1. The van der Waals surface area contributed by atoms with E-state index < -0.39 is 0 Å². The van der Waals surface area contributed by atoms with Crippen LogP contribution in [0.3, 0.4) is 0 Å². The van der Waals surface area contributed by atoms with Crippen LogP contribution >= 0.6 is 15.9 Å². The standard InChI is InChI=1S/C13H12BrNO2/c14-11-3-5-13(6-4-11)17-9-8-15-7-1-2-12(15)10-16/h1-7,10H,8-9H2. The summed E-state index contributed by atoms with van der Waals surface area (Å²) in [6.45, 7) is 1.20. The number of rotatable bonds is 5. The van der Waals surface area contributed by atoms with Crippen LogP contribution in [0.25, 0.3) is 0 Å². The number of carbonyl (C=O) groups is 1. The Kier molecular flexibility index (Phi) is 3.98. The van der Waals surface area contributed by atoms with Gasteiger partial charge in [-0.15, -0.1) is 0 Å². The van der Waals surface area contributed by atoms with Crippen molar-refractivity contribution in [2.45, 2.75) is 6.54 Å². The number of carbonyl (C=O) groups excluding carboxylic acids is 1. The van der Waals surface area contributed by atoms with Crippen molar-refractivity contribution in [1.29, 1.82) is 0 Å². The highest BCUT2D eigenvalue weighted by molar-refractivity contribution is 9.10. The second kappa shape index (κ2) is 5.68. The highest BCUT2D eigenvalue weighted by atomic mass is 79.9. The average Bonchev–Trinajstić information content (AvgIpc) is 2.79. The van der Waals surface area contributed by atoms with Crippen molar-refractivity contribution in [3.8, 4) is 5.75 Å². The van der Waals surface area contributed by atoms with Gasteiger partial charge in [0, 0.05) is 10.7 Å². The normalized spacial score (nSPS) is 10.2. The van der Waals surface area contributed by atoms with Crippen LogP contribution in [0.2, 0.25) is 0 Å². The van der Waals surface area contributed by atoms with Gasteiger partial charge in [-0.25, -0.2) is 0 Å². The van der Waals surface area contributed by atoms with Crippen molar-refractivity contribution >= 4 is 22.2 Å². The summed E-state index contributed by atoms with van der Waals surface area (Å²) in [6.07, 6.45) is 2.72. The van der Waals surface area contributed by atoms with Crippen molar-refractivity contribution in [1.82, 2.24) is 4.57 Å². The Morgan fingerprint density at radius 2 is 2.00 bits per heavy atom. The first-order valence-corrected chi connectivity index (χ1v) is 6.07. The van der Waals surface area contributed by atoms with Crippen molar-refractivity contribution in [2.75, 3.05) is 6.61 Å². The first kappa shape index (κ1) is 11.9. The number of aldehydes is 1. The molecule has 0 aliphatic carbocycles. The quantitative estimate of drug-likeness (QED) is 0.793. The van der Waals surface area contributed by atoms with Gasteiger partial charge in [0.05, 0.1) is 12.2 Å². The third kappa shape index (κ3) is 3.20. The Labute approximate surface area is 108 Å². The van der Waals surface area contributed by atoms with Crippen LogP contribution in [0.1, 0.15) is 10.5 Å². The van der Waals surface area contributed by atoms with Crippen LogP contribution < -0.4 is 4.74 Å². The molecule has 2 rings (SSSR count). The predicted octanol–water partition coefficient (Wildman–Crippen LogP) is 3.14. The Morgan fingerprint density at radius 1 is 1.24 bits per heavy atom. The van der Waals surface area contributed by atoms with Crippen LogP contribution in [-0.4, -0.2) is 17.5 Å². The fourth-order valence-electron chi connectivity index (χ4n) is 1.53. The molecule has 0 unspecified atom stereocenters. The zero-order chi connectivity index (χ0) is 12.1. The summed E-state index contributed by atoms with van der Waals surface area (Å²) in [4.78, 5) is 10.7. The fraction of sp³-hybridized carbons (Fsp3) is 0.154. The molecule has 0 radical (unpaired) electrons. The van der Waals surface area contributed by atoms with E-state index in [0.29, 0.717) is 18.8 Å². The van der Waals surface area contributed by atoms with Gasteiger partial charge in [0.2, 0.25) is 0 Å². The topological polar surface area (TPSA) is 31.2 Å². The van der Waals surface area contributed by atoms with E-state index in [2.05, 4.69) is 15.9 Å². The highest BCUT2D eigenvalue weighted by Crippen LogP contribution is 2.16. The fourth-order valence-corrected chi connectivity index (χ4v) is 1.79. The van der Waals surface area contributed by atoms with E-state index in [0.717, 1.165) is 16.5 Å². The van der Waals surface area contributed by atoms with Crippen molar-refractivity contribution in [3.63, 3.8) is 0 Å². The maximum atomic E-state index is 10.7. The molecular formula is C13H12BrNO2. The van der Waals surface area contributed by atoms with Gasteiger partial charge in [0.25, 0.3) is 0 Å². The van der Waals surface area contributed by atoms with E-state index in [1.165, 1.54) is 0 Å². The number of benzene rings is 1. The van der Waals surface area contributed by atoms with Crippen molar-refractivity contribution in [2.24, 2.45) is 0 Å². The van der Waals surface area contributed by atoms with Crippen LogP contribution in [0.5, 0.6) is 5.75 Å². The zero-order valence-electron chi connectivity index (χ0n) is 9.17. The lowest BCUT2D eigenvalue weighted by Gasteiger charge is -2.08. The molecule has 3 nitrogen and oxygen atoms in total. The monoisotopic (exact) mass is 293 g/mol. The van der Waals surface area contributed by atoms with Crippen molar-refractivity contribution in [3.05, 3.63) is 52.8 Å². The van der Waals surface area contributed by atoms with Gasteiger partial charge >= 0.3 is 0 Å². The third-order valence-corrected chi connectivity index (χ3v) is 2.93. The summed E-state index contributed by atoms with van der Waals surface area (Å²) in [7, 11) is 0. The van der Waals surface area contributed by atoms with E-state index in [4.69, 9.17) is 4.74 Å². The van der Waals surface area contributed by atoms with Gasteiger partial charge in [-0.1, -0.05) is 15.9 Å². The molecule has 0 N–H and O–H groups in total. The SMILES string of the molecule is O=Cc1cccn1CCOc1ccc(Br)cc1. The Bertz CT molecular complexity index is 490. The molecule has 0 fully saturated rings. The largest absolute Gasteiger partial charge is 0.492 e. The molecule has 0 bridgehead atoms. The molecule has 2 aromatic rings. The number of aromatic nitrogens is 1. The van der Waals surface area contributed by atoms with E-state index in [9.17, 15) is 4.79 Å². The number of hydrogen-bond donors (Lipinski definition) is 0. The first-order chi connectivity index (χ1) is 8.29. The van der Waals surface area contributed by atoms with Gasteiger partial charge in [0.1, 0.15) is 12.4 Å². The Hall–Kier alpha value is -1.55. The minimum absolute atomic E-state index is 0.539. The molecule has 1 aromatic heterocycles. The van der Waals surface area contributed by atoms with Crippen LogP contribution in [0.4, 0.5) is 0 Å². The first-order valence-electron chi connectivity index (χ1n) is 5.28. The summed E-state index contributed by atoms with van der Waals surface area (Å²) in [6, 6.07) is 11.3. The molecule has 0 aliphatic heterocycles. The Morgan fingerprint density at radius 3 is 2.71 bits per heavy atom. The van der Waals surface area contributed by atoms with E-state index in [1.807, 2.05) is 41.1 Å². The maximum absolute atomic E-state index is 10.7. The molecule has 1 heterocycles. The minimum Gasteiger partial charge on any atom is -0.492 e. The number of halogens is 1. The smallest absolute Gasteiger partial charge is 0.166 e. The highest BCUT2D eigenvalue weighted by Gasteiger charge is 1.99. The number of nitrogens with zero attached hydrogens (tertiary/aromatic N) is 1. The lowest BCUT2D eigenvalue weighted by molar-refractivity contribution is 0.111. The molecule has 1 aromatic carbocycles. The number of hydrogen-bond acceptors (Lipinski definition) is 2. The van der Waals surface area contributed by atoms with Gasteiger partial charge in [-0.05, 0) is 36.4 Å². The molecule has 0 aliphatic rings. The second-order valence-electron chi connectivity index (χ2n) is 3.55. The molecule has 0 saturated heterocycles. The van der Waals surface area contributed by atoms with Crippen LogP contribution in [0, 0.1) is 0 Å². The zero-order valence-corrected chi connectivity index (χ0v) is 10.8. The van der Waals surface area contributed by atoms with Crippen LogP contribution in [0.15, 0.2) is 47.1 Å². The van der Waals surface area contributed by atoms with Crippen LogP contribution in [-0.2, 0) is 6.54 Å². The lowest BCUT2D eigenvalue weighted by atomic mass is 10.3. The predicted molar refractivity (Wildman–Crippen MR) is 69.5 cm³/mol. The molecule has 17 heavy (non-hydrogen) atoms. The molecule has 0 saturated carbocycles. The van der Waals surface area contributed by atoms with Gasteiger partial charge in [-0.3, -0.25) is 4.79 Å². The van der Waals surface area contributed by atoms with Gasteiger partial charge in [0.15, 0.2) is 6.29 Å². The average molecular weight is 294 g/mol. The van der Waals surface area contributed by atoms with Crippen molar-refractivity contribution < 1.29 is 9.53 Å². The van der Waals surface area contributed by atoms with E-state index in [1.54, 1.807) is 6.07 Å². The Balaban J connectivity index is 1.87.